The molecule has 16 atom stereocenters. The zero-order valence-electron chi connectivity index (χ0n) is 74.3. The highest BCUT2D eigenvalue weighted by molar-refractivity contribution is 5.82. The summed E-state index contributed by atoms with van der Waals surface area (Å²) in [6.07, 6.45) is -29.1. The Labute approximate surface area is 729 Å². The molecule has 127 heavy (non-hydrogen) atoms. The van der Waals surface area contributed by atoms with Gasteiger partial charge in [0.2, 0.25) is 11.8 Å². The van der Waals surface area contributed by atoms with E-state index in [0.717, 1.165) is 138 Å². The minimum atomic E-state index is -1.97. The van der Waals surface area contributed by atoms with Crippen molar-refractivity contribution in [1.82, 2.24) is 36.7 Å². The lowest BCUT2D eigenvalue weighted by molar-refractivity contribution is -0.203. The van der Waals surface area contributed by atoms with Gasteiger partial charge in [-0.25, -0.2) is 0 Å². The van der Waals surface area contributed by atoms with Crippen LogP contribution in [0.1, 0.15) is 138 Å². The number of carbonyl (C=O) groups is 22. The zero-order chi connectivity index (χ0) is 96.9. The molecule has 0 saturated carbocycles. The Morgan fingerprint density at radius 1 is 0.213 bits per heavy atom. The van der Waals surface area contributed by atoms with E-state index in [2.05, 4.69) is 26.9 Å². The third-order valence-corrected chi connectivity index (χ3v) is 15.7. The molecule has 0 heterocycles. The van der Waals surface area contributed by atoms with Crippen molar-refractivity contribution in [1.29, 1.82) is 0 Å². The third-order valence-electron chi connectivity index (χ3n) is 15.7. The maximum absolute atomic E-state index is 14.4. The highest BCUT2D eigenvalue weighted by Crippen LogP contribution is 2.26. The van der Waals surface area contributed by atoms with Crippen LogP contribution in [0.15, 0.2) is 0 Å². The lowest BCUT2D eigenvalue weighted by Crippen LogP contribution is -2.56. The van der Waals surface area contributed by atoms with Gasteiger partial charge in [0.05, 0.1) is 52.5 Å². The van der Waals surface area contributed by atoms with E-state index >= 15 is 0 Å². The van der Waals surface area contributed by atoms with E-state index in [4.69, 9.17) is 104 Å². The van der Waals surface area contributed by atoms with Gasteiger partial charge in [-0.2, -0.15) is 11.0 Å². The van der Waals surface area contributed by atoms with Gasteiger partial charge in [0, 0.05) is 178 Å². The number of ether oxygens (including phenoxy) is 20. The van der Waals surface area contributed by atoms with Gasteiger partial charge in [-0.3, -0.25) is 115 Å². The molecule has 0 aromatic heterocycles. The first kappa shape index (κ1) is 115. The maximum Gasteiger partial charge on any atom is 0.303 e. The monoisotopic (exact) mass is 1830 g/mol. The van der Waals surface area contributed by atoms with Gasteiger partial charge >= 0.3 is 119 Å². The largest absolute Gasteiger partial charge is 0.462 e. The van der Waals surface area contributed by atoms with E-state index in [1.165, 1.54) is 4.90 Å². The molecule has 0 aliphatic carbocycles. The fourth-order valence-corrected chi connectivity index (χ4v) is 11.4. The molecule has 0 spiro atoms. The van der Waals surface area contributed by atoms with Crippen LogP contribution >= 0.6 is 0 Å². The van der Waals surface area contributed by atoms with Crippen molar-refractivity contribution in [2.45, 2.75) is 236 Å². The fourth-order valence-electron chi connectivity index (χ4n) is 11.4. The average molecular weight is 1830 g/mol. The van der Waals surface area contributed by atoms with Gasteiger partial charge in [0.15, 0.2) is 97.7 Å². The summed E-state index contributed by atoms with van der Waals surface area (Å²) >= 11 is 0. The van der Waals surface area contributed by atoms with E-state index in [-0.39, 0.29) is 52.5 Å². The first-order chi connectivity index (χ1) is 59.3. The number of hydrogen-bond donors (Lipinski definition) is 5. The van der Waals surface area contributed by atoms with E-state index in [9.17, 15) is 105 Å². The summed E-state index contributed by atoms with van der Waals surface area (Å²) in [5.41, 5.74) is 5.14. The molecule has 0 saturated heterocycles. The summed E-state index contributed by atoms with van der Waals surface area (Å²) in [6.45, 7) is 9.87. The first-order valence-corrected chi connectivity index (χ1v) is 39.0. The van der Waals surface area contributed by atoms with Crippen LogP contribution < -0.4 is 26.9 Å². The Morgan fingerprint density at radius 3 is 0.591 bits per heavy atom. The smallest absolute Gasteiger partial charge is 0.303 e. The number of rotatable bonds is 62. The van der Waals surface area contributed by atoms with Gasteiger partial charge in [0.25, 0.3) is 0 Å². The predicted octanol–water partition coefficient (Wildman–Crippen LogP) is -4.39. The Hall–Kier alpha value is -11.9. The molecule has 0 aromatic rings. The van der Waals surface area contributed by atoms with Crippen molar-refractivity contribution in [3.05, 3.63) is 0 Å². The molecular weight excluding hydrogens is 1710 g/mol. The summed E-state index contributed by atoms with van der Waals surface area (Å²) < 4.78 is 107. The highest BCUT2D eigenvalue weighted by atomic mass is 16.7. The van der Waals surface area contributed by atoms with E-state index in [1.807, 2.05) is 0 Å². The first-order valence-electron chi connectivity index (χ1n) is 39.0. The molecular formula is C76H117N7O44. The molecule has 51 heteroatoms. The number of nitrogens with zero attached hydrogens (tertiary/aromatic N) is 2. The second-order valence-electron chi connectivity index (χ2n) is 27.3. The molecule has 5 N–H and O–H groups in total. The van der Waals surface area contributed by atoms with Crippen LogP contribution in [0.5, 0.6) is 0 Å². The summed E-state index contributed by atoms with van der Waals surface area (Å²) in [7, 11) is 0. The molecule has 0 aromatic carbocycles. The molecule has 16 unspecified atom stereocenters. The molecule has 51 nitrogen and oxygen atoms in total. The van der Waals surface area contributed by atoms with Crippen LogP contribution in [-0.4, -0.2) is 357 Å². The van der Waals surface area contributed by atoms with E-state index in [1.54, 1.807) is 4.90 Å². The van der Waals surface area contributed by atoms with Crippen LogP contribution in [0.2, 0.25) is 0 Å². The number of hydrogen-bond acceptors (Lipinski definition) is 49. The fraction of sp³-hybridized carbons (Fsp3) is 0.711. The number of hydroxylamine groups is 2. The molecule has 0 aliphatic rings. The van der Waals surface area contributed by atoms with Gasteiger partial charge in [-0.15, -0.1) is 0 Å². The number of carbonyl (C=O) groups excluding carboxylic acids is 22. The lowest BCUT2D eigenvalue weighted by Gasteiger charge is -2.35. The van der Waals surface area contributed by atoms with Crippen LogP contribution in [0.25, 0.3) is 0 Å². The van der Waals surface area contributed by atoms with Gasteiger partial charge in [-0.05, 0) is 0 Å². The van der Waals surface area contributed by atoms with E-state index < -0.39 is 295 Å². The molecule has 2 amide bonds. The Morgan fingerprint density at radius 2 is 0.394 bits per heavy atom. The second-order valence-corrected chi connectivity index (χ2v) is 27.3. The van der Waals surface area contributed by atoms with Crippen molar-refractivity contribution in [3.8, 4) is 0 Å². The standard InChI is InChI=1S/C76H117N7O44/c1-39(84)106-35-63(116-47(9)92)73(124-55(17)100)69(120-51(13)96)59(112-43(5)88)29-78-67(104)33-83(34-68(105)79-30-60(113-44(6)89)70(121-52(14)97)74(125-56(18)101)64(117-48(10)93)36-107-40(2)85)24-22-77-21-23-82(25-27-110-80-31-61(114-45(7)90)71(122-53(15)98)75(126-57(19)102)65(118-49(11)94)37-108-41(3)86)26-28-111-81-32-62(115-46(8)91)72(123-54(16)99)76(127-58(20)103)66(119-50(12)95)38-109-42(4)87/h59-66,69-77,80-81H,21-38H2,1-20H3,(H,78,104)(H,79,105). The molecule has 720 valence electrons. The normalized spacial score (nSPS) is 14.7. The minimum absolute atomic E-state index is 0.0140. The van der Waals surface area contributed by atoms with Gasteiger partial charge in [0.1, 0.15) is 26.4 Å². The second kappa shape index (κ2) is 62.2. The zero-order valence-corrected chi connectivity index (χ0v) is 74.3. The van der Waals surface area contributed by atoms with Gasteiger partial charge < -0.3 is 120 Å². The summed E-state index contributed by atoms with van der Waals surface area (Å²) in [6, 6.07) is 0. The van der Waals surface area contributed by atoms with Crippen molar-refractivity contribution < 1.29 is 210 Å². The Balaban J connectivity index is 8.29. The van der Waals surface area contributed by atoms with Crippen LogP contribution in [0, 0.1) is 0 Å². The van der Waals surface area contributed by atoms with Crippen molar-refractivity contribution in [2.24, 2.45) is 0 Å². The lowest BCUT2D eigenvalue weighted by atomic mass is 10.0. The molecule has 0 bridgehead atoms. The molecule has 0 fully saturated rings. The van der Waals surface area contributed by atoms with E-state index in [0.29, 0.717) is 0 Å². The predicted molar refractivity (Wildman–Crippen MR) is 415 cm³/mol. The maximum atomic E-state index is 14.4. The van der Waals surface area contributed by atoms with Gasteiger partial charge in [-0.1, -0.05) is 0 Å². The topological polar surface area (TPSA) is 645 Å². The summed E-state index contributed by atoms with van der Waals surface area (Å²) in [4.78, 5) is 293. The molecule has 0 radical (unpaired) electrons. The Kier molecular flexibility index (Phi) is 56.4. The number of amides is 2. The molecule has 0 aliphatic heterocycles. The molecule has 0 rings (SSSR count). The Bertz CT molecular complexity index is 3470. The minimum Gasteiger partial charge on any atom is -0.462 e. The SMILES string of the molecule is CC(=O)OCC(OC(C)=O)C(OC(C)=O)C(OC(C)=O)C(CNOCCN(CCNCCN(CC(=O)NCC(OC(C)=O)C(OC(C)=O)C(OC(C)=O)C(COC(C)=O)OC(C)=O)CC(=O)NCC(OC(C)=O)C(OC(C)=O)C(OC(C)=O)C(COC(C)=O)OC(C)=O)CCONCC(OC(C)=O)C(OC(C)=O)C(OC(C)=O)C(COC(C)=O)OC(C)=O)OC(C)=O. The van der Waals surface area contributed by atoms with Crippen molar-refractivity contribution in [2.75, 3.05) is 118 Å². The van der Waals surface area contributed by atoms with Crippen molar-refractivity contribution >= 4 is 131 Å². The van der Waals surface area contributed by atoms with Crippen LogP contribution in [-0.2, 0) is 210 Å². The quantitative estimate of drug-likeness (QED) is 0.0166. The highest BCUT2D eigenvalue weighted by Gasteiger charge is 2.49. The number of esters is 20. The average Bonchev–Trinajstić information content (AvgIpc) is 0.845. The summed E-state index contributed by atoms with van der Waals surface area (Å²) in [5.74, 6) is -22.3. The van der Waals surface area contributed by atoms with Crippen LogP contribution in [0.4, 0.5) is 0 Å². The number of nitrogens with one attached hydrogen (secondary N) is 5. The summed E-state index contributed by atoms with van der Waals surface area (Å²) in [5, 5.41) is 8.08. The van der Waals surface area contributed by atoms with Crippen molar-refractivity contribution in [3.63, 3.8) is 0 Å². The third kappa shape index (κ3) is 54.5. The van der Waals surface area contributed by atoms with Crippen LogP contribution in [0.3, 0.4) is 0 Å².